The lowest BCUT2D eigenvalue weighted by atomic mass is 9.95. The zero-order valence-electron chi connectivity index (χ0n) is 22.4. The third kappa shape index (κ3) is 5.02. The quantitative estimate of drug-likeness (QED) is 0.363. The van der Waals surface area contributed by atoms with Crippen molar-refractivity contribution in [2.45, 2.75) is 45.3 Å². The molecule has 40 heavy (non-hydrogen) atoms. The summed E-state index contributed by atoms with van der Waals surface area (Å²) in [6, 6.07) is 9.05. The first-order valence-corrected chi connectivity index (χ1v) is 14.2. The lowest BCUT2D eigenvalue weighted by molar-refractivity contribution is -0.114. The van der Waals surface area contributed by atoms with Crippen molar-refractivity contribution in [3.05, 3.63) is 65.1 Å². The molecule has 206 valence electrons. The van der Waals surface area contributed by atoms with E-state index >= 15 is 0 Å². The predicted molar refractivity (Wildman–Crippen MR) is 152 cm³/mol. The summed E-state index contributed by atoms with van der Waals surface area (Å²) in [6.45, 7) is 2.57. The highest BCUT2D eigenvalue weighted by atomic mass is 32.1. The molecule has 9 nitrogen and oxygen atoms in total. The Hall–Kier alpha value is -3.96. The van der Waals surface area contributed by atoms with Crippen LogP contribution >= 0.6 is 11.3 Å². The molecule has 1 aromatic carbocycles. The first-order valence-electron chi connectivity index (χ1n) is 13.4. The summed E-state index contributed by atoms with van der Waals surface area (Å²) in [6.07, 6.45) is 6.66. The molecule has 0 atom stereocenters. The number of aromatic nitrogens is 4. The highest BCUT2D eigenvalue weighted by Gasteiger charge is 2.31. The van der Waals surface area contributed by atoms with Gasteiger partial charge in [-0.2, -0.15) is 5.10 Å². The van der Waals surface area contributed by atoms with E-state index in [9.17, 15) is 14.0 Å². The number of nitrogens with one attached hydrogen (secondary N) is 2. The van der Waals surface area contributed by atoms with Gasteiger partial charge in [-0.15, -0.1) is 0 Å². The van der Waals surface area contributed by atoms with Crippen molar-refractivity contribution in [3.63, 3.8) is 0 Å². The number of benzene rings is 1. The van der Waals surface area contributed by atoms with Gasteiger partial charge in [-0.1, -0.05) is 11.3 Å². The maximum absolute atomic E-state index is 14.6. The molecule has 1 aliphatic heterocycles. The molecule has 4 heterocycles. The van der Waals surface area contributed by atoms with E-state index in [0.29, 0.717) is 34.8 Å². The summed E-state index contributed by atoms with van der Waals surface area (Å²) in [5, 5.41) is 11.4. The molecule has 1 aliphatic carbocycles. The number of nitrogens with zero attached hydrogens (tertiary/aromatic N) is 5. The second-order valence-corrected chi connectivity index (χ2v) is 11.3. The van der Waals surface area contributed by atoms with Crippen LogP contribution in [0, 0.1) is 0 Å². The maximum atomic E-state index is 14.6. The second kappa shape index (κ2) is 10.9. The number of amides is 2. The van der Waals surface area contributed by atoms with Crippen LogP contribution in [0.4, 0.5) is 9.52 Å². The largest absolute Gasteiger partial charge is 0.349 e. The van der Waals surface area contributed by atoms with Crippen LogP contribution in [0.25, 0.3) is 27.5 Å². The lowest BCUT2D eigenvalue weighted by Gasteiger charge is -2.29. The fourth-order valence-corrected chi connectivity index (χ4v) is 6.56. The van der Waals surface area contributed by atoms with Crippen LogP contribution < -0.4 is 10.6 Å². The Balaban J connectivity index is 1.42. The number of hydrogen-bond donors (Lipinski definition) is 2. The standard InChI is InChI=1S/C29H30FN7O2S/c1-17(38)32-29-34-23-7-6-22-25(19-4-3-11-31-16-19)35-37(26(22)27(23)40-29)24-8-5-18(14-20(24)15-30)28(39)33-21-9-12-36(2)13-10-21/h3-5,8,11,14,16,21H,6-7,9-10,12-13,15H2,1-2H3,(H,33,39)(H,32,34,38). The van der Waals surface area contributed by atoms with Gasteiger partial charge in [-0.05, 0) is 76.2 Å². The van der Waals surface area contributed by atoms with Crippen LogP contribution in [-0.4, -0.2) is 62.6 Å². The Morgan fingerprint density at radius 1 is 1.18 bits per heavy atom. The van der Waals surface area contributed by atoms with E-state index in [1.807, 2.05) is 12.1 Å². The molecule has 6 rings (SSSR count). The number of anilines is 1. The van der Waals surface area contributed by atoms with Gasteiger partial charge in [0.1, 0.15) is 6.67 Å². The average Bonchev–Trinajstić information content (AvgIpc) is 3.55. The van der Waals surface area contributed by atoms with Crippen LogP contribution in [0.5, 0.6) is 0 Å². The number of thiazole rings is 1. The molecule has 1 fully saturated rings. The molecule has 0 spiro atoms. The van der Waals surface area contributed by atoms with Crippen molar-refractivity contribution in [1.29, 1.82) is 0 Å². The molecule has 11 heteroatoms. The summed E-state index contributed by atoms with van der Waals surface area (Å²) >= 11 is 1.38. The van der Waals surface area contributed by atoms with E-state index in [2.05, 4.69) is 32.5 Å². The SMILES string of the molecule is CC(=O)Nc1nc2c(s1)-c1c(c(-c3cccnc3)nn1-c1ccc(C(=O)NC3CCN(C)CC3)cc1CF)CC2. The smallest absolute Gasteiger partial charge is 0.251 e. The van der Waals surface area contributed by atoms with Gasteiger partial charge in [0.25, 0.3) is 5.91 Å². The number of halogens is 1. The van der Waals surface area contributed by atoms with E-state index in [-0.39, 0.29) is 17.9 Å². The second-order valence-electron chi connectivity index (χ2n) is 10.3. The zero-order chi connectivity index (χ0) is 27.8. The highest BCUT2D eigenvalue weighted by molar-refractivity contribution is 7.19. The number of hydrogen-bond acceptors (Lipinski definition) is 7. The monoisotopic (exact) mass is 559 g/mol. The Kier molecular flexibility index (Phi) is 7.16. The molecule has 1 saturated heterocycles. The van der Waals surface area contributed by atoms with Crippen molar-refractivity contribution >= 4 is 28.3 Å². The number of carbonyl (C=O) groups is 2. The molecular formula is C29H30FN7O2S. The van der Waals surface area contributed by atoms with Crippen LogP contribution in [-0.2, 0) is 24.3 Å². The van der Waals surface area contributed by atoms with Crippen molar-refractivity contribution in [3.8, 4) is 27.5 Å². The molecule has 0 bridgehead atoms. The first kappa shape index (κ1) is 26.3. The molecule has 2 N–H and O–H groups in total. The summed E-state index contributed by atoms with van der Waals surface area (Å²) in [4.78, 5) is 36.8. The van der Waals surface area contributed by atoms with Crippen LogP contribution in [0.15, 0.2) is 42.7 Å². The first-order chi connectivity index (χ1) is 19.4. The zero-order valence-corrected chi connectivity index (χ0v) is 23.2. The lowest BCUT2D eigenvalue weighted by Crippen LogP contribution is -2.43. The van der Waals surface area contributed by atoms with Crippen molar-refractivity contribution < 1.29 is 14.0 Å². The van der Waals surface area contributed by atoms with Crippen molar-refractivity contribution in [2.75, 3.05) is 25.5 Å². The fourth-order valence-electron chi connectivity index (χ4n) is 5.45. The average molecular weight is 560 g/mol. The maximum Gasteiger partial charge on any atom is 0.251 e. The number of rotatable bonds is 6. The van der Waals surface area contributed by atoms with Crippen LogP contribution in [0.2, 0.25) is 0 Å². The predicted octanol–water partition coefficient (Wildman–Crippen LogP) is 4.41. The summed E-state index contributed by atoms with van der Waals surface area (Å²) in [7, 11) is 2.08. The van der Waals surface area contributed by atoms with Crippen molar-refractivity contribution in [1.82, 2.24) is 30.0 Å². The molecule has 0 radical (unpaired) electrons. The van der Waals surface area contributed by atoms with Crippen LogP contribution in [0.3, 0.4) is 0 Å². The summed E-state index contributed by atoms with van der Waals surface area (Å²) in [5.41, 5.74) is 5.72. The number of piperidine rings is 1. The summed E-state index contributed by atoms with van der Waals surface area (Å²) < 4.78 is 16.3. The van der Waals surface area contributed by atoms with E-state index in [0.717, 1.165) is 59.0 Å². The Labute approximate surface area is 235 Å². The normalized spacial score (nSPS) is 15.4. The topological polar surface area (TPSA) is 105 Å². The third-order valence-corrected chi connectivity index (χ3v) is 8.51. The fraction of sp³-hybridized carbons (Fsp3) is 0.345. The molecule has 4 aromatic rings. The highest BCUT2D eigenvalue weighted by Crippen LogP contribution is 2.44. The van der Waals surface area contributed by atoms with E-state index in [1.54, 1.807) is 35.3 Å². The number of fused-ring (bicyclic) bond motifs is 3. The van der Waals surface area contributed by atoms with E-state index in [4.69, 9.17) is 5.10 Å². The molecule has 2 aliphatic rings. The number of likely N-dealkylation sites (tertiary alicyclic amines) is 1. The van der Waals surface area contributed by atoms with Crippen molar-refractivity contribution in [2.24, 2.45) is 0 Å². The van der Waals surface area contributed by atoms with Gasteiger partial charge < -0.3 is 15.5 Å². The van der Waals surface area contributed by atoms with Gasteiger partial charge >= 0.3 is 0 Å². The number of aryl methyl sites for hydroxylation is 1. The third-order valence-electron chi connectivity index (χ3n) is 7.49. The number of pyridine rings is 1. The minimum absolute atomic E-state index is 0.111. The number of alkyl halides is 1. The Morgan fingerprint density at radius 2 is 2.00 bits per heavy atom. The van der Waals surface area contributed by atoms with Crippen LogP contribution in [0.1, 0.15) is 46.9 Å². The van der Waals surface area contributed by atoms with Gasteiger partial charge in [-0.3, -0.25) is 14.6 Å². The van der Waals surface area contributed by atoms with E-state index in [1.165, 1.54) is 18.3 Å². The molecule has 3 aromatic heterocycles. The Bertz CT molecular complexity index is 1570. The number of carbonyl (C=O) groups excluding carboxylic acids is 2. The molecule has 0 saturated carbocycles. The van der Waals surface area contributed by atoms with E-state index < -0.39 is 6.67 Å². The summed E-state index contributed by atoms with van der Waals surface area (Å²) in [5.74, 6) is -0.385. The van der Waals surface area contributed by atoms with Gasteiger partial charge in [0, 0.05) is 47.6 Å². The van der Waals surface area contributed by atoms with Gasteiger partial charge in [0.15, 0.2) is 5.13 Å². The molecule has 0 unspecified atom stereocenters. The molecular weight excluding hydrogens is 529 g/mol. The molecule has 2 amide bonds. The minimum atomic E-state index is -0.756. The van der Waals surface area contributed by atoms with Gasteiger partial charge in [-0.25, -0.2) is 14.1 Å². The van der Waals surface area contributed by atoms with Gasteiger partial charge in [0.05, 0.1) is 27.6 Å². The van der Waals surface area contributed by atoms with Gasteiger partial charge in [0.2, 0.25) is 5.91 Å². The minimum Gasteiger partial charge on any atom is -0.349 e. The Morgan fingerprint density at radius 3 is 2.73 bits per heavy atom.